The number of nitrogens with zero attached hydrogens (tertiary/aromatic N) is 3. The number of sulfonamides is 1. The van der Waals surface area contributed by atoms with Crippen molar-refractivity contribution in [2.75, 3.05) is 19.6 Å². The molecule has 0 aliphatic carbocycles. The van der Waals surface area contributed by atoms with Gasteiger partial charge in [-0.2, -0.15) is 9.40 Å². The van der Waals surface area contributed by atoms with Crippen LogP contribution < -0.4 is 5.73 Å². The third-order valence-electron chi connectivity index (χ3n) is 3.62. The summed E-state index contributed by atoms with van der Waals surface area (Å²) in [4.78, 5) is 0.350. The largest absolute Gasteiger partial charge is 0.330 e. The van der Waals surface area contributed by atoms with E-state index >= 15 is 0 Å². The molecule has 2 rings (SSSR count). The molecule has 0 spiro atoms. The fraction of sp³-hybridized carbons (Fsp3) is 0.727. The zero-order valence-corrected chi connectivity index (χ0v) is 13.1. The molecule has 1 aromatic rings. The Morgan fingerprint density at radius 1 is 1.42 bits per heavy atom. The predicted molar refractivity (Wildman–Crippen MR) is 75.9 cm³/mol. The van der Waals surface area contributed by atoms with Crippen LogP contribution in [0.25, 0.3) is 0 Å². The van der Waals surface area contributed by atoms with Crippen LogP contribution in [0, 0.1) is 19.8 Å². The molecule has 6 nitrogen and oxygen atoms in total. The molecule has 1 fully saturated rings. The lowest BCUT2D eigenvalue weighted by Crippen LogP contribution is -2.30. The second-order valence-electron chi connectivity index (χ2n) is 4.88. The second-order valence-corrected chi connectivity index (χ2v) is 6.75. The summed E-state index contributed by atoms with van der Waals surface area (Å²) >= 11 is 0. The number of hydrogen-bond acceptors (Lipinski definition) is 4. The van der Waals surface area contributed by atoms with Gasteiger partial charge in [-0.15, -0.1) is 12.4 Å². The summed E-state index contributed by atoms with van der Waals surface area (Å²) in [5.74, 6) is 0.275. The van der Waals surface area contributed by atoms with Gasteiger partial charge in [-0.05, 0) is 32.7 Å². The number of aromatic nitrogens is 2. The van der Waals surface area contributed by atoms with Crippen LogP contribution in [-0.2, 0) is 17.1 Å². The molecule has 1 unspecified atom stereocenters. The summed E-state index contributed by atoms with van der Waals surface area (Å²) in [7, 11) is -1.67. The Morgan fingerprint density at radius 2 is 2.05 bits per heavy atom. The van der Waals surface area contributed by atoms with E-state index in [0.29, 0.717) is 35.9 Å². The molecule has 0 aromatic carbocycles. The van der Waals surface area contributed by atoms with E-state index in [4.69, 9.17) is 5.73 Å². The topological polar surface area (TPSA) is 81.2 Å². The molecular formula is C11H21ClN4O2S. The van der Waals surface area contributed by atoms with Gasteiger partial charge in [0, 0.05) is 20.1 Å². The summed E-state index contributed by atoms with van der Waals surface area (Å²) in [5.41, 5.74) is 6.85. The van der Waals surface area contributed by atoms with Crippen molar-refractivity contribution >= 4 is 22.4 Å². The first-order valence-corrected chi connectivity index (χ1v) is 7.52. The summed E-state index contributed by atoms with van der Waals surface area (Å²) in [6.07, 6.45) is 0.841. The van der Waals surface area contributed by atoms with Crippen LogP contribution in [0.5, 0.6) is 0 Å². The number of hydrogen-bond donors (Lipinski definition) is 1. The minimum absolute atomic E-state index is 0. The van der Waals surface area contributed by atoms with E-state index in [1.165, 1.54) is 4.31 Å². The van der Waals surface area contributed by atoms with E-state index in [1.54, 1.807) is 25.6 Å². The third kappa shape index (κ3) is 2.79. The third-order valence-corrected chi connectivity index (χ3v) is 5.74. The summed E-state index contributed by atoms with van der Waals surface area (Å²) in [6.45, 7) is 5.13. The van der Waals surface area contributed by atoms with Gasteiger partial charge < -0.3 is 5.73 Å². The smallest absolute Gasteiger partial charge is 0.246 e. The minimum Gasteiger partial charge on any atom is -0.330 e. The number of nitrogens with two attached hydrogens (primary N) is 1. The molecule has 1 aromatic heterocycles. The van der Waals surface area contributed by atoms with Crippen LogP contribution in [0.3, 0.4) is 0 Å². The number of aryl methyl sites for hydroxylation is 2. The maximum absolute atomic E-state index is 12.6. The van der Waals surface area contributed by atoms with E-state index in [9.17, 15) is 8.42 Å². The minimum atomic E-state index is -3.43. The molecular weight excluding hydrogens is 288 g/mol. The van der Waals surface area contributed by atoms with Crippen molar-refractivity contribution in [3.8, 4) is 0 Å². The zero-order chi connectivity index (χ0) is 13.5. The molecule has 1 aliphatic rings. The lowest BCUT2D eigenvalue weighted by molar-refractivity contribution is 0.458. The average Bonchev–Trinajstić information content (AvgIpc) is 2.85. The molecule has 0 saturated carbocycles. The van der Waals surface area contributed by atoms with Crippen molar-refractivity contribution in [2.24, 2.45) is 18.7 Å². The van der Waals surface area contributed by atoms with Gasteiger partial charge >= 0.3 is 0 Å². The highest BCUT2D eigenvalue weighted by atomic mass is 35.5. The maximum atomic E-state index is 12.6. The molecule has 1 aliphatic heterocycles. The van der Waals surface area contributed by atoms with Gasteiger partial charge in [0.1, 0.15) is 4.90 Å². The lowest BCUT2D eigenvalue weighted by Gasteiger charge is -2.16. The molecule has 0 bridgehead atoms. The highest BCUT2D eigenvalue weighted by molar-refractivity contribution is 7.89. The van der Waals surface area contributed by atoms with Gasteiger partial charge in [-0.3, -0.25) is 4.68 Å². The first kappa shape index (κ1) is 16.4. The Hall–Kier alpha value is -0.630. The van der Waals surface area contributed by atoms with Gasteiger partial charge in [-0.25, -0.2) is 8.42 Å². The van der Waals surface area contributed by atoms with E-state index < -0.39 is 10.0 Å². The van der Waals surface area contributed by atoms with Crippen molar-refractivity contribution < 1.29 is 8.42 Å². The van der Waals surface area contributed by atoms with Gasteiger partial charge in [0.25, 0.3) is 0 Å². The van der Waals surface area contributed by atoms with Crippen molar-refractivity contribution in [3.05, 3.63) is 11.4 Å². The number of halogens is 1. The normalized spacial score (nSPS) is 20.5. The van der Waals surface area contributed by atoms with Crippen LogP contribution in [0.4, 0.5) is 0 Å². The van der Waals surface area contributed by atoms with E-state index in [0.717, 1.165) is 6.42 Å². The van der Waals surface area contributed by atoms with Crippen LogP contribution in [0.1, 0.15) is 17.8 Å². The standard InChI is InChI=1S/C11H20N4O2S.ClH/c1-8-11(9(2)14(3)13-8)18(16,17)15-5-4-10(6-12)7-15;/h10H,4-7,12H2,1-3H3;1H. The quantitative estimate of drug-likeness (QED) is 0.878. The van der Waals surface area contributed by atoms with Crippen molar-refractivity contribution in [1.82, 2.24) is 14.1 Å². The molecule has 0 amide bonds. The summed E-state index contributed by atoms with van der Waals surface area (Å²) in [5, 5.41) is 4.17. The molecule has 2 heterocycles. The van der Waals surface area contributed by atoms with Crippen molar-refractivity contribution in [2.45, 2.75) is 25.2 Å². The van der Waals surface area contributed by atoms with Crippen LogP contribution in [-0.4, -0.2) is 42.1 Å². The van der Waals surface area contributed by atoms with Gasteiger partial charge in [0.15, 0.2) is 0 Å². The summed E-state index contributed by atoms with van der Waals surface area (Å²) in [6, 6.07) is 0. The molecule has 1 atom stereocenters. The second kappa shape index (κ2) is 5.78. The molecule has 19 heavy (non-hydrogen) atoms. The monoisotopic (exact) mass is 308 g/mol. The van der Waals surface area contributed by atoms with Crippen molar-refractivity contribution in [3.63, 3.8) is 0 Å². The van der Waals surface area contributed by atoms with Crippen LogP contribution in [0.15, 0.2) is 4.90 Å². The van der Waals surface area contributed by atoms with E-state index in [1.807, 2.05) is 0 Å². The zero-order valence-electron chi connectivity index (χ0n) is 11.5. The van der Waals surface area contributed by atoms with Crippen molar-refractivity contribution in [1.29, 1.82) is 0 Å². The average molecular weight is 309 g/mol. The molecule has 2 N–H and O–H groups in total. The lowest BCUT2D eigenvalue weighted by atomic mass is 10.1. The highest BCUT2D eigenvalue weighted by Gasteiger charge is 2.35. The van der Waals surface area contributed by atoms with Gasteiger partial charge in [0.05, 0.1) is 11.4 Å². The number of rotatable bonds is 3. The fourth-order valence-corrected chi connectivity index (χ4v) is 4.40. The Bertz CT molecular complexity index is 555. The first-order chi connectivity index (χ1) is 8.37. The molecule has 110 valence electrons. The molecule has 0 radical (unpaired) electrons. The SMILES string of the molecule is Cc1nn(C)c(C)c1S(=O)(=O)N1CCC(CN)C1.Cl. The van der Waals surface area contributed by atoms with Gasteiger partial charge in [0.2, 0.25) is 10.0 Å². The Kier molecular flexibility index (Phi) is 5.00. The van der Waals surface area contributed by atoms with E-state index in [-0.39, 0.29) is 18.3 Å². The Labute approximate surface area is 120 Å². The first-order valence-electron chi connectivity index (χ1n) is 6.08. The Morgan fingerprint density at radius 3 is 2.47 bits per heavy atom. The highest BCUT2D eigenvalue weighted by Crippen LogP contribution is 2.27. The maximum Gasteiger partial charge on any atom is 0.246 e. The van der Waals surface area contributed by atoms with Crippen LogP contribution >= 0.6 is 12.4 Å². The predicted octanol–water partition coefficient (Wildman–Crippen LogP) is 0.428. The molecule has 1 saturated heterocycles. The summed E-state index contributed by atoms with van der Waals surface area (Å²) < 4.78 is 28.3. The fourth-order valence-electron chi connectivity index (χ4n) is 2.46. The Balaban J connectivity index is 0.00000180. The van der Waals surface area contributed by atoms with Crippen LogP contribution in [0.2, 0.25) is 0 Å². The van der Waals surface area contributed by atoms with Gasteiger partial charge in [-0.1, -0.05) is 0 Å². The van der Waals surface area contributed by atoms with E-state index in [2.05, 4.69) is 5.10 Å². The molecule has 8 heteroatoms.